The molecule has 0 saturated heterocycles. The van der Waals surface area contributed by atoms with E-state index >= 15 is 0 Å². The quantitative estimate of drug-likeness (QED) is 0.630. The first-order valence-corrected chi connectivity index (χ1v) is 4.49. The monoisotopic (exact) mass is 228 g/mol. The van der Waals surface area contributed by atoms with Crippen molar-refractivity contribution in [3.05, 3.63) is 28.8 Å². The van der Waals surface area contributed by atoms with Crippen molar-refractivity contribution in [3.8, 4) is 5.75 Å². The van der Waals surface area contributed by atoms with Crippen molar-refractivity contribution >= 4 is 23.9 Å². The van der Waals surface area contributed by atoms with Gasteiger partial charge in [0, 0.05) is 5.02 Å². The van der Waals surface area contributed by atoms with Gasteiger partial charge in [-0.1, -0.05) is 11.6 Å². The van der Waals surface area contributed by atoms with Gasteiger partial charge in [-0.2, -0.15) is 0 Å². The van der Waals surface area contributed by atoms with E-state index in [1.54, 1.807) is 0 Å². The number of carbonyl (C=O) groups is 2. The number of methoxy groups -OCH3 is 1. The number of aliphatic carboxylic acids is 1. The van der Waals surface area contributed by atoms with Crippen LogP contribution < -0.4 is 4.74 Å². The molecule has 0 spiro atoms. The second-order valence-corrected chi connectivity index (χ2v) is 3.31. The Kier molecular flexibility index (Phi) is 3.68. The average Bonchev–Trinajstić information content (AvgIpc) is 2.17. The smallest absolute Gasteiger partial charge is 0.318 e. The van der Waals surface area contributed by atoms with Gasteiger partial charge >= 0.3 is 5.97 Å². The Morgan fingerprint density at radius 3 is 2.67 bits per heavy atom. The lowest BCUT2D eigenvalue weighted by molar-refractivity contribution is -0.140. The fourth-order valence-corrected chi connectivity index (χ4v) is 1.39. The minimum absolute atomic E-state index is 0.307. The number of carbonyl (C=O) groups excluding carboxylic acids is 1. The predicted molar refractivity (Wildman–Crippen MR) is 54.4 cm³/mol. The number of hydrogen-bond donors (Lipinski definition) is 1. The molecule has 15 heavy (non-hydrogen) atoms. The van der Waals surface area contributed by atoms with Crippen LogP contribution in [0.3, 0.4) is 0 Å². The third-order valence-corrected chi connectivity index (χ3v) is 2.11. The summed E-state index contributed by atoms with van der Waals surface area (Å²) in [5.41, 5.74) is 0.307. The molecule has 0 heterocycles. The van der Waals surface area contributed by atoms with Crippen molar-refractivity contribution in [2.45, 2.75) is 5.92 Å². The third-order valence-electron chi connectivity index (χ3n) is 1.89. The van der Waals surface area contributed by atoms with E-state index in [0.717, 1.165) is 0 Å². The first-order chi connectivity index (χ1) is 7.08. The van der Waals surface area contributed by atoms with Crippen LogP contribution in [0, 0.1) is 0 Å². The molecule has 0 aromatic heterocycles. The molecular weight excluding hydrogens is 220 g/mol. The molecule has 1 unspecified atom stereocenters. The van der Waals surface area contributed by atoms with Crippen LogP contribution in [0.2, 0.25) is 5.02 Å². The van der Waals surface area contributed by atoms with Crippen LogP contribution in [0.1, 0.15) is 11.5 Å². The summed E-state index contributed by atoms with van der Waals surface area (Å²) in [6.45, 7) is 0. The van der Waals surface area contributed by atoms with Crippen molar-refractivity contribution in [1.82, 2.24) is 0 Å². The van der Waals surface area contributed by atoms with Gasteiger partial charge < -0.3 is 14.6 Å². The Hall–Kier alpha value is -1.55. The third kappa shape index (κ3) is 2.70. The second-order valence-electron chi connectivity index (χ2n) is 2.88. The highest BCUT2D eigenvalue weighted by Crippen LogP contribution is 2.25. The topological polar surface area (TPSA) is 63.6 Å². The second kappa shape index (κ2) is 4.79. The summed E-state index contributed by atoms with van der Waals surface area (Å²) in [5, 5.41) is 9.10. The minimum Gasteiger partial charge on any atom is -0.497 e. The molecule has 1 N–H and O–H groups in total. The lowest BCUT2D eigenvalue weighted by Gasteiger charge is -2.08. The Labute approximate surface area is 91.4 Å². The number of ether oxygens (including phenoxy) is 1. The van der Waals surface area contributed by atoms with Gasteiger partial charge in [-0.05, 0) is 23.8 Å². The highest BCUT2D eigenvalue weighted by atomic mass is 35.5. The average molecular weight is 229 g/mol. The number of carboxylic acids is 1. The largest absolute Gasteiger partial charge is 0.497 e. The van der Waals surface area contributed by atoms with E-state index in [1.165, 1.54) is 25.3 Å². The van der Waals surface area contributed by atoms with Crippen LogP contribution in [-0.4, -0.2) is 24.5 Å². The Bertz CT molecular complexity index is 389. The molecule has 1 aromatic rings. The van der Waals surface area contributed by atoms with E-state index < -0.39 is 11.9 Å². The van der Waals surface area contributed by atoms with Crippen molar-refractivity contribution in [1.29, 1.82) is 0 Å². The van der Waals surface area contributed by atoms with Gasteiger partial charge in [-0.15, -0.1) is 0 Å². The summed E-state index contributed by atoms with van der Waals surface area (Å²) in [4.78, 5) is 21.3. The fourth-order valence-electron chi connectivity index (χ4n) is 1.16. The zero-order valence-electron chi connectivity index (χ0n) is 7.94. The Morgan fingerprint density at radius 2 is 2.20 bits per heavy atom. The van der Waals surface area contributed by atoms with Gasteiger partial charge in [0.25, 0.3) is 0 Å². The summed E-state index contributed by atoms with van der Waals surface area (Å²) in [5.74, 6) is -2.00. The number of rotatable bonds is 4. The van der Waals surface area contributed by atoms with E-state index in [4.69, 9.17) is 21.4 Å². The number of carboxylic acid groups (broad SMARTS) is 1. The number of halogens is 1. The van der Waals surface area contributed by atoms with Crippen LogP contribution in [0.5, 0.6) is 5.75 Å². The summed E-state index contributed by atoms with van der Waals surface area (Å²) in [6, 6.07) is 4.44. The van der Waals surface area contributed by atoms with Crippen LogP contribution in [0.15, 0.2) is 18.2 Å². The first-order valence-electron chi connectivity index (χ1n) is 4.11. The van der Waals surface area contributed by atoms with E-state index in [-0.39, 0.29) is 0 Å². The van der Waals surface area contributed by atoms with Crippen LogP contribution >= 0.6 is 11.6 Å². The SMILES string of the molecule is COc1cc(Cl)cc(C(C=O)C(=O)O)c1. The maximum absolute atomic E-state index is 10.7. The van der Waals surface area contributed by atoms with Crippen molar-refractivity contribution in [3.63, 3.8) is 0 Å². The van der Waals surface area contributed by atoms with Crippen molar-refractivity contribution in [2.75, 3.05) is 7.11 Å². The number of benzene rings is 1. The van der Waals surface area contributed by atoms with Gasteiger partial charge in [0.2, 0.25) is 0 Å². The highest BCUT2D eigenvalue weighted by molar-refractivity contribution is 6.30. The van der Waals surface area contributed by atoms with Crippen molar-refractivity contribution in [2.24, 2.45) is 0 Å². The maximum Gasteiger partial charge on any atom is 0.318 e. The first kappa shape index (κ1) is 11.5. The molecule has 1 atom stereocenters. The van der Waals surface area contributed by atoms with Crippen LogP contribution in [-0.2, 0) is 9.59 Å². The van der Waals surface area contributed by atoms with Crippen LogP contribution in [0.4, 0.5) is 0 Å². The Balaban J connectivity index is 3.17. The highest BCUT2D eigenvalue weighted by Gasteiger charge is 2.19. The molecule has 0 radical (unpaired) electrons. The molecule has 0 aliphatic carbocycles. The fraction of sp³-hybridized carbons (Fsp3) is 0.200. The molecule has 5 heteroatoms. The molecule has 0 amide bonds. The number of aldehydes is 1. The predicted octanol–water partition coefficient (Wildman–Crippen LogP) is 1.72. The van der Waals surface area contributed by atoms with Gasteiger partial charge in [0.1, 0.15) is 18.0 Å². The molecule has 0 aliphatic heterocycles. The van der Waals surface area contributed by atoms with E-state index in [1.807, 2.05) is 0 Å². The summed E-state index contributed by atoms with van der Waals surface area (Å²) in [6.07, 6.45) is 0.355. The lowest BCUT2D eigenvalue weighted by atomic mass is 10.0. The normalized spacial score (nSPS) is 11.9. The molecule has 0 bridgehead atoms. The molecule has 80 valence electrons. The van der Waals surface area contributed by atoms with E-state index in [9.17, 15) is 9.59 Å². The molecule has 1 aromatic carbocycles. The molecular formula is C10H9ClO4. The van der Waals surface area contributed by atoms with Gasteiger partial charge in [0.15, 0.2) is 0 Å². The summed E-state index contributed by atoms with van der Waals surface area (Å²) < 4.78 is 4.92. The van der Waals surface area contributed by atoms with E-state index in [0.29, 0.717) is 22.6 Å². The molecule has 1 rings (SSSR count). The summed E-state index contributed by atoms with van der Waals surface area (Å²) in [7, 11) is 1.44. The van der Waals surface area contributed by atoms with Crippen LogP contribution in [0.25, 0.3) is 0 Å². The Morgan fingerprint density at radius 1 is 1.53 bits per heavy atom. The van der Waals surface area contributed by atoms with Gasteiger partial charge in [0.05, 0.1) is 7.11 Å². The summed E-state index contributed by atoms with van der Waals surface area (Å²) >= 11 is 5.75. The lowest BCUT2D eigenvalue weighted by Crippen LogP contribution is -2.12. The molecule has 0 aliphatic rings. The van der Waals surface area contributed by atoms with E-state index in [2.05, 4.69) is 0 Å². The molecule has 0 fully saturated rings. The van der Waals surface area contributed by atoms with Gasteiger partial charge in [-0.3, -0.25) is 4.79 Å². The maximum atomic E-state index is 10.7. The van der Waals surface area contributed by atoms with Gasteiger partial charge in [-0.25, -0.2) is 0 Å². The van der Waals surface area contributed by atoms with Crippen molar-refractivity contribution < 1.29 is 19.4 Å². The number of hydrogen-bond acceptors (Lipinski definition) is 3. The zero-order chi connectivity index (χ0) is 11.4. The molecule has 0 saturated carbocycles. The standard InChI is InChI=1S/C10H9ClO4/c1-15-8-3-6(2-7(11)4-8)9(5-12)10(13)14/h2-5,9H,1H3,(H,13,14). The molecule has 4 nitrogen and oxygen atoms in total. The zero-order valence-corrected chi connectivity index (χ0v) is 8.69. The minimum atomic E-state index is -1.21.